The molecule has 1 rings (SSSR count). The molecule has 0 radical (unpaired) electrons. The molecule has 1 aromatic rings. The summed E-state index contributed by atoms with van der Waals surface area (Å²) in [4.78, 5) is 5.86. The maximum atomic E-state index is 8.99. The lowest BCUT2D eigenvalue weighted by Gasteiger charge is -2.26. The van der Waals surface area contributed by atoms with E-state index in [4.69, 9.17) is 5.11 Å². The van der Waals surface area contributed by atoms with Gasteiger partial charge in [0.25, 0.3) is 0 Å². The Morgan fingerprint density at radius 1 is 1.41 bits per heavy atom. The predicted molar refractivity (Wildman–Crippen MR) is 73.5 cm³/mol. The molecule has 17 heavy (non-hydrogen) atoms. The van der Waals surface area contributed by atoms with Crippen LogP contribution in [0.15, 0.2) is 0 Å². The van der Waals surface area contributed by atoms with E-state index < -0.39 is 0 Å². The van der Waals surface area contributed by atoms with Crippen LogP contribution < -0.4 is 5.32 Å². The maximum absolute atomic E-state index is 8.99. The summed E-state index contributed by atoms with van der Waals surface area (Å²) < 4.78 is 0. The van der Waals surface area contributed by atoms with Crippen LogP contribution in [-0.2, 0) is 0 Å². The van der Waals surface area contributed by atoms with E-state index in [1.54, 1.807) is 11.3 Å². The Morgan fingerprint density at radius 2 is 2.06 bits per heavy atom. The first-order chi connectivity index (χ1) is 7.85. The average Bonchev–Trinajstić information content (AvgIpc) is 2.54. The van der Waals surface area contributed by atoms with Crippen LogP contribution in [0.5, 0.6) is 0 Å². The van der Waals surface area contributed by atoms with Gasteiger partial charge in [0.1, 0.15) is 0 Å². The molecule has 0 amide bonds. The van der Waals surface area contributed by atoms with Crippen molar-refractivity contribution in [2.45, 2.75) is 47.1 Å². The second-order valence-corrected chi connectivity index (χ2v) is 6.82. The molecule has 0 aliphatic heterocycles. The first kappa shape index (κ1) is 14.6. The number of hydrogen-bond acceptors (Lipinski definition) is 4. The number of aliphatic hydroxyl groups excluding tert-OH is 1. The zero-order valence-corrected chi connectivity index (χ0v) is 12.3. The lowest BCUT2D eigenvalue weighted by atomic mass is 9.89. The first-order valence-corrected chi connectivity index (χ1v) is 6.95. The summed E-state index contributed by atoms with van der Waals surface area (Å²) in [5.41, 5.74) is 1.29. The van der Waals surface area contributed by atoms with Gasteiger partial charge in [-0.1, -0.05) is 13.8 Å². The summed E-state index contributed by atoms with van der Waals surface area (Å²) >= 11 is 1.75. The molecule has 0 aliphatic carbocycles. The maximum Gasteiger partial charge on any atom is 0.0900 e. The molecule has 1 unspecified atom stereocenters. The normalized spacial score (nSPS) is 14.0. The topological polar surface area (TPSA) is 45.2 Å². The molecular weight excluding hydrogens is 232 g/mol. The minimum Gasteiger partial charge on any atom is -0.396 e. The van der Waals surface area contributed by atoms with Crippen molar-refractivity contribution in [2.24, 2.45) is 5.41 Å². The van der Waals surface area contributed by atoms with Crippen LogP contribution in [0.3, 0.4) is 0 Å². The Kier molecular flexibility index (Phi) is 5.10. The fourth-order valence-corrected chi connectivity index (χ4v) is 2.78. The number of aliphatic hydroxyl groups is 1. The van der Waals surface area contributed by atoms with E-state index in [0.717, 1.165) is 23.7 Å². The second-order valence-electron chi connectivity index (χ2n) is 5.41. The molecule has 98 valence electrons. The van der Waals surface area contributed by atoms with E-state index in [-0.39, 0.29) is 18.1 Å². The van der Waals surface area contributed by atoms with Crippen LogP contribution in [0.2, 0.25) is 0 Å². The lowest BCUT2D eigenvalue weighted by Crippen LogP contribution is -2.32. The summed E-state index contributed by atoms with van der Waals surface area (Å²) in [5, 5.41) is 13.6. The number of aryl methyl sites for hydroxylation is 2. The molecule has 0 bridgehead atoms. The molecule has 3 nitrogen and oxygen atoms in total. The van der Waals surface area contributed by atoms with Gasteiger partial charge in [-0.25, -0.2) is 4.98 Å². The fraction of sp³-hybridized carbons (Fsp3) is 0.769. The van der Waals surface area contributed by atoms with Crippen molar-refractivity contribution in [3.8, 4) is 0 Å². The smallest absolute Gasteiger partial charge is 0.0900 e. The third-order valence-corrected chi connectivity index (χ3v) is 3.93. The molecule has 0 aromatic carbocycles. The number of rotatable bonds is 6. The second kappa shape index (κ2) is 5.94. The van der Waals surface area contributed by atoms with Gasteiger partial charge in [0.05, 0.1) is 10.7 Å². The zero-order valence-electron chi connectivity index (χ0n) is 11.5. The third-order valence-electron chi connectivity index (χ3n) is 3.02. The Morgan fingerprint density at radius 3 is 2.53 bits per heavy atom. The Labute approximate surface area is 108 Å². The van der Waals surface area contributed by atoms with E-state index in [0.29, 0.717) is 0 Å². The van der Waals surface area contributed by atoms with Crippen LogP contribution in [0.25, 0.3) is 0 Å². The molecule has 0 saturated carbocycles. The standard InChI is InChI=1S/C13H24N2OS/c1-9(12-10(2)17-11(3)15-12)14-8-13(4,5)6-7-16/h9,14,16H,6-8H2,1-5H3. The predicted octanol–water partition coefficient (Wildman–Crippen LogP) is 2.82. The van der Waals surface area contributed by atoms with Crippen molar-refractivity contribution in [3.05, 3.63) is 15.6 Å². The van der Waals surface area contributed by atoms with Gasteiger partial charge >= 0.3 is 0 Å². The summed E-state index contributed by atoms with van der Waals surface area (Å²) in [7, 11) is 0. The Hall–Kier alpha value is -0.450. The highest BCUT2D eigenvalue weighted by Crippen LogP contribution is 2.24. The van der Waals surface area contributed by atoms with Crippen molar-refractivity contribution in [2.75, 3.05) is 13.2 Å². The molecular formula is C13H24N2OS. The summed E-state index contributed by atoms with van der Waals surface area (Å²) in [6.07, 6.45) is 0.821. The highest BCUT2D eigenvalue weighted by molar-refractivity contribution is 7.11. The molecule has 0 saturated heterocycles. The number of thiazole rings is 1. The van der Waals surface area contributed by atoms with Gasteiger partial charge in [-0.2, -0.15) is 0 Å². The van der Waals surface area contributed by atoms with Crippen LogP contribution in [-0.4, -0.2) is 23.2 Å². The highest BCUT2D eigenvalue weighted by atomic mass is 32.1. The van der Waals surface area contributed by atoms with E-state index in [1.807, 2.05) is 6.92 Å². The summed E-state index contributed by atoms with van der Waals surface area (Å²) in [6.45, 7) is 11.8. The van der Waals surface area contributed by atoms with Gasteiger partial charge < -0.3 is 10.4 Å². The van der Waals surface area contributed by atoms with Crippen molar-refractivity contribution < 1.29 is 5.11 Å². The van der Waals surface area contributed by atoms with E-state index in [9.17, 15) is 0 Å². The van der Waals surface area contributed by atoms with Crippen molar-refractivity contribution in [3.63, 3.8) is 0 Å². The molecule has 1 atom stereocenters. The zero-order chi connectivity index (χ0) is 13.1. The molecule has 1 heterocycles. The van der Waals surface area contributed by atoms with Gasteiger partial charge in [0.15, 0.2) is 0 Å². The fourth-order valence-electron chi connectivity index (χ4n) is 1.86. The van der Waals surface area contributed by atoms with E-state index >= 15 is 0 Å². The number of hydrogen-bond donors (Lipinski definition) is 2. The van der Waals surface area contributed by atoms with Crippen LogP contribution in [0.4, 0.5) is 0 Å². The Balaban J connectivity index is 2.55. The average molecular weight is 256 g/mol. The van der Waals surface area contributed by atoms with E-state index in [2.05, 4.69) is 38.0 Å². The third kappa shape index (κ3) is 4.37. The van der Waals surface area contributed by atoms with Gasteiger partial charge in [-0.05, 0) is 32.6 Å². The molecule has 0 spiro atoms. The van der Waals surface area contributed by atoms with Crippen LogP contribution in [0, 0.1) is 19.3 Å². The largest absolute Gasteiger partial charge is 0.396 e. The van der Waals surface area contributed by atoms with E-state index in [1.165, 1.54) is 4.88 Å². The molecule has 0 aliphatic rings. The number of nitrogens with one attached hydrogen (secondary N) is 1. The number of nitrogens with zero attached hydrogens (tertiary/aromatic N) is 1. The summed E-state index contributed by atoms with van der Waals surface area (Å²) in [6, 6.07) is 0.276. The number of aromatic nitrogens is 1. The summed E-state index contributed by atoms with van der Waals surface area (Å²) in [5.74, 6) is 0. The van der Waals surface area contributed by atoms with Gasteiger partial charge in [0.2, 0.25) is 0 Å². The van der Waals surface area contributed by atoms with Crippen molar-refractivity contribution in [1.29, 1.82) is 0 Å². The Bertz CT molecular complexity index is 360. The quantitative estimate of drug-likeness (QED) is 0.822. The molecule has 2 N–H and O–H groups in total. The SMILES string of the molecule is Cc1nc(C(C)NCC(C)(C)CCO)c(C)s1. The van der Waals surface area contributed by atoms with Gasteiger partial charge in [0, 0.05) is 24.1 Å². The van der Waals surface area contributed by atoms with Crippen LogP contribution in [0.1, 0.15) is 48.8 Å². The molecule has 1 aromatic heterocycles. The minimum absolute atomic E-state index is 0.127. The lowest BCUT2D eigenvalue weighted by molar-refractivity contribution is 0.203. The molecule has 0 fully saturated rings. The highest BCUT2D eigenvalue weighted by Gasteiger charge is 2.20. The minimum atomic E-state index is 0.127. The van der Waals surface area contributed by atoms with Crippen molar-refractivity contribution in [1.82, 2.24) is 10.3 Å². The van der Waals surface area contributed by atoms with Crippen molar-refractivity contribution >= 4 is 11.3 Å². The van der Waals surface area contributed by atoms with Crippen LogP contribution >= 0.6 is 11.3 Å². The monoisotopic (exact) mass is 256 g/mol. The first-order valence-electron chi connectivity index (χ1n) is 6.14. The molecule has 4 heteroatoms. The van der Waals surface area contributed by atoms with Gasteiger partial charge in [-0.3, -0.25) is 0 Å². The van der Waals surface area contributed by atoms with Gasteiger partial charge in [-0.15, -0.1) is 11.3 Å².